The fourth-order valence-electron chi connectivity index (χ4n) is 0.781. The largest absolute Gasteiger partial charge is 0.310 e. The molecule has 0 saturated carbocycles. The number of hydrogen-bond donors (Lipinski definition) is 0. The van der Waals surface area contributed by atoms with Crippen LogP contribution in [0.15, 0.2) is 0 Å². The number of nitriles is 1. The van der Waals surface area contributed by atoms with Gasteiger partial charge in [0, 0.05) is 13.1 Å². The first-order valence-electron chi connectivity index (χ1n) is 2.47. The van der Waals surface area contributed by atoms with Gasteiger partial charge in [0.15, 0.2) is 6.19 Å². The van der Waals surface area contributed by atoms with Gasteiger partial charge in [0.2, 0.25) is 0 Å². The molecule has 1 saturated heterocycles. The molecule has 1 fully saturated rings. The third-order valence-electron chi connectivity index (χ3n) is 1.21. The lowest BCUT2D eigenvalue weighted by atomic mass is 10.1. The molecular weight excluding hydrogens is 88.1 g/mol. The van der Waals surface area contributed by atoms with E-state index in [1.165, 1.54) is 0 Å². The molecule has 0 aromatic heterocycles. The predicted molar refractivity (Wildman–Crippen MR) is 26.3 cm³/mol. The highest BCUT2D eigenvalue weighted by molar-refractivity contribution is 4.85. The molecule has 1 heterocycles. The smallest absolute Gasteiger partial charge is 0.179 e. The van der Waals surface area contributed by atoms with Crippen LogP contribution in [0.2, 0.25) is 0 Å². The van der Waals surface area contributed by atoms with E-state index < -0.39 is 0 Å². The summed E-state index contributed by atoms with van der Waals surface area (Å²) in [4.78, 5) is 1.75. The SMILES string of the molecule is CC1CN(C#N)C1. The fourth-order valence-corrected chi connectivity index (χ4v) is 0.781. The van der Waals surface area contributed by atoms with E-state index in [2.05, 4.69) is 13.1 Å². The highest BCUT2D eigenvalue weighted by Gasteiger charge is 2.19. The molecule has 0 unspecified atom stereocenters. The second-order valence-corrected chi connectivity index (χ2v) is 2.11. The lowest BCUT2D eigenvalue weighted by Gasteiger charge is -2.31. The topological polar surface area (TPSA) is 27.0 Å². The van der Waals surface area contributed by atoms with E-state index in [1.54, 1.807) is 4.90 Å². The van der Waals surface area contributed by atoms with Crippen LogP contribution in [0.4, 0.5) is 0 Å². The molecule has 0 spiro atoms. The van der Waals surface area contributed by atoms with E-state index in [-0.39, 0.29) is 0 Å². The van der Waals surface area contributed by atoms with Crippen LogP contribution in [0.25, 0.3) is 0 Å². The second-order valence-electron chi connectivity index (χ2n) is 2.11. The van der Waals surface area contributed by atoms with Crippen molar-refractivity contribution in [3.63, 3.8) is 0 Å². The van der Waals surface area contributed by atoms with Gasteiger partial charge in [-0.1, -0.05) is 6.92 Å². The number of nitrogens with zero attached hydrogens (tertiary/aromatic N) is 2. The first-order valence-corrected chi connectivity index (χ1v) is 2.47. The quantitative estimate of drug-likeness (QED) is 0.409. The zero-order chi connectivity index (χ0) is 5.28. The van der Waals surface area contributed by atoms with Gasteiger partial charge in [-0.25, -0.2) is 0 Å². The molecule has 0 aromatic carbocycles. The standard InChI is InChI=1S/C5H8N2/c1-5-2-7(3-5)4-6/h5H,2-3H2,1H3. The summed E-state index contributed by atoms with van der Waals surface area (Å²) in [5, 5.41) is 8.18. The summed E-state index contributed by atoms with van der Waals surface area (Å²) in [6, 6.07) is 0. The Labute approximate surface area is 43.3 Å². The minimum Gasteiger partial charge on any atom is -0.310 e. The Morgan fingerprint density at radius 1 is 1.71 bits per heavy atom. The van der Waals surface area contributed by atoms with Crippen LogP contribution in [-0.4, -0.2) is 18.0 Å². The van der Waals surface area contributed by atoms with Crippen molar-refractivity contribution in [3.05, 3.63) is 0 Å². The molecule has 0 N–H and O–H groups in total. The maximum absolute atomic E-state index is 8.18. The average Bonchev–Trinajstić information content (AvgIpc) is 1.58. The fraction of sp³-hybridized carbons (Fsp3) is 0.800. The van der Waals surface area contributed by atoms with Crippen LogP contribution in [0.5, 0.6) is 0 Å². The molecule has 38 valence electrons. The molecule has 7 heavy (non-hydrogen) atoms. The molecule has 1 rings (SSSR count). The molecule has 1 aliphatic heterocycles. The first kappa shape index (κ1) is 4.45. The van der Waals surface area contributed by atoms with E-state index in [0.717, 1.165) is 19.0 Å². The van der Waals surface area contributed by atoms with E-state index in [0.29, 0.717) is 0 Å². The highest BCUT2D eigenvalue weighted by atomic mass is 15.2. The van der Waals surface area contributed by atoms with Crippen molar-refractivity contribution < 1.29 is 0 Å². The van der Waals surface area contributed by atoms with Gasteiger partial charge >= 0.3 is 0 Å². The first-order chi connectivity index (χ1) is 3.33. The minimum absolute atomic E-state index is 0.750. The van der Waals surface area contributed by atoms with Crippen LogP contribution in [-0.2, 0) is 0 Å². The molecule has 2 heteroatoms. The van der Waals surface area contributed by atoms with Crippen molar-refractivity contribution in [2.45, 2.75) is 6.92 Å². The molecule has 0 bridgehead atoms. The zero-order valence-electron chi connectivity index (χ0n) is 4.39. The van der Waals surface area contributed by atoms with Gasteiger partial charge in [0.05, 0.1) is 0 Å². The van der Waals surface area contributed by atoms with Gasteiger partial charge in [0.25, 0.3) is 0 Å². The summed E-state index contributed by atoms with van der Waals surface area (Å²) in [6.07, 6.45) is 2.07. The maximum Gasteiger partial charge on any atom is 0.179 e. The Morgan fingerprint density at radius 3 is 2.43 bits per heavy atom. The van der Waals surface area contributed by atoms with E-state index in [4.69, 9.17) is 5.26 Å². The normalized spacial score (nSPS) is 20.9. The van der Waals surface area contributed by atoms with Crippen LogP contribution < -0.4 is 0 Å². The Kier molecular flexibility index (Phi) is 0.900. The van der Waals surface area contributed by atoms with Crippen LogP contribution >= 0.6 is 0 Å². The zero-order valence-corrected chi connectivity index (χ0v) is 4.39. The van der Waals surface area contributed by atoms with Crippen LogP contribution in [0.3, 0.4) is 0 Å². The summed E-state index contributed by atoms with van der Waals surface area (Å²) in [6.45, 7) is 4.08. The Hall–Kier alpha value is -0.710. The molecule has 1 aliphatic rings. The maximum atomic E-state index is 8.18. The van der Waals surface area contributed by atoms with Crippen molar-refractivity contribution >= 4 is 0 Å². The molecule has 0 aliphatic carbocycles. The third kappa shape index (κ3) is 0.663. The predicted octanol–water partition coefficient (Wildman–Crippen LogP) is 0.419. The van der Waals surface area contributed by atoms with Crippen LogP contribution in [0, 0.1) is 17.4 Å². The van der Waals surface area contributed by atoms with Gasteiger partial charge < -0.3 is 4.90 Å². The lowest BCUT2D eigenvalue weighted by molar-refractivity contribution is 0.188. The minimum atomic E-state index is 0.750. The molecule has 0 atom stereocenters. The van der Waals surface area contributed by atoms with Crippen molar-refractivity contribution in [2.75, 3.05) is 13.1 Å². The number of likely N-dealkylation sites (tertiary alicyclic amines) is 1. The van der Waals surface area contributed by atoms with E-state index >= 15 is 0 Å². The Balaban J connectivity index is 2.21. The van der Waals surface area contributed by atoms with Gasteiger partial charge in [-0.2, -0.15) is 5.26 Å². The Bertz CT molecular complexity index is 97.1. The summed E-state index contributed by atoms with van der Waals surface area (Å²) in [7, 11) is 0. The molecule has 0 amide bonds. The number of rotatable bonds is 0. The van der Waals surface area contributed by atoms with Crippen molar-refractivity contribution in [1.82, 2.24) is 4.90 Å². The average molecular weight is 96.1 g/mol. The van der Waals surface area contributed by atoms with Gasteiger partial charge in [-0.05, 0) is 5.92 Å². The monoisotopic (exact) mass is 96.1 g/mol. The lowest BCUT2D eigenvalue weighted by Crippen LogP contribution is -2.41. The third-order valence-corrected chi connectivity index (χ3v) is 1.21. The number of hydrogen-bond acceptors (Lipinski definition) is 2. The second kappa shape index (κ2) is 1.42. The molecule has 0 aromatic rings. The summed E-state index contributed by atoms with van der Waals surface area (Å²) < 4.78 is 0. The van der Waals surface area contributed by atoms with E-state index in [9.17, 15) is 0 Å². The van der Waals surface area contributed by atoms with Gasteiger partial charge in [-0.3, -0.25) is 0 Å². The Morgan fingerprint density at radius 2 is 2.29 bits per heavy atom. The van der Waals surface area contributed by atoms with Crippen molar-refractivity contribution in [3.8, 4) is 6.19 Å². The van der Waals surface area contributed by atoms with Crippen molar-refractivity contribution in [2.24, 2.45) is 5.92 Å². The highest BCUT2D eigenvalue weighted by Crippen LogP contribution is 2.11. The van der Waals surface area contributed by atoms with Gasteiger partial charge in [-0.15, -0.1) is 0 Å². The molecule has 2 nitrogen and oxygen atoms in total. The molecular formula is C5H8N2. The van der Waals surface area contributed by atoms with Crippen molar-refractivity contribution in [1.29, 1.82) is 5.26 Å². The summed E-state index contributed by atoms with van der Waals surface area (Å²) in [5.74, 6) is 0.750. The summed E-state index contributed by atoms with van der Waals surface area (Å²) >= 11 is 0. The van der Waals surface area contributed by atoms with Gasteiger partial charge in [0.1, 0.15) is 0 Å². The molecule has 0 radical (unpaired) electrons. The summed E-state index contributed by atoms with van der Waals surface area (Å²) in [5.41, 5.74) is 0. The van der Waals surface area contributed by atoms with Crippen LogP contribution in [0.1, 0.15) is 6.92 Å². The van der Waals surface area contributed by atoms with E-state index in [1.807, 2.05) is 0 Å².